The first-order chi connectivity index (χ1) is 10.1. The van der Waals surface area contributed by atoms with Crippen LogP contribution in [0.5, 0.6) is 11.5 Å². The van der Waals surface area contributed by atoms with Crippen LogP contribution in [-0.4, -0.2) is 55.9 Å². The second-order valence-electron chi connectivity index (χ2n) is 5.19. The Labute approximate surface area is 125 Å². The standard InChI is InChI=1S/C15H24N4O2/c1-18(2)9-10-19-11-5-6-12(20-3)15(21-4)14(11)17-13(19)7-8-16/h5-6H,7-10,16H2,1-4H3. The number of hydrogen-bond acceptors (Lipinski definition) is 5. The van der Waals surface area contributed by atoms with Gasteiger partial charge < -0.3 is 24.7 Å². The lowest BCUT2D eigenvalue weighted by Gasteiger charge is -2.13. The number of ether oxygens (including phenoxy) is 2. The summed E-state index contributed by atoms with van der Waals surface area (Å²) >= 11 is 0. The molecule has 0 atom stereocenters. The molecule has 116 valence electrons. The third kappa shape index (κ3) is 3.11. The number of aromatic nitrogens is 2. The molecular weight excluding hydrogens is 268 g/mol. The van der Waals surface area contributed by atoms with Crippen molar-refractivity contribution in [2.45, 2.75) is 13.0 Å². The van der Waals surface area contributed by atoms with E-state index in [-0.39, 0.29) is 0 Å². The highest BCUT2D eigenvalue weighted by atomic mass is 16.5. The number of rotatable bonds is 7. The van der Waals surface area contributed by atoms with Crippen molar-refractivity contribution in [3.63, 3.8) is 0 Å². The number of fused-ring (bicyclic) bond motifs is 1. The first-order valence-electron chi connectivity index (χ1n) is 7.07. The van der Waals surface area contributed by atoms with Crippen LogP contribution >= 0.6 is 0 Å². The maximum absolute atomic E-state index is 5.71. The molecule has 0 fully saturated rings. The topological polar surface area (TPSA) is 65.5 Å². The van der Waals surface area contributed by atoms with Crippen LogP contribution in [-0.2, 0) is 13.0 Å². The van der Waals surface area contributed by atoms with E-state index in [0.717, 1.165) is 36.4 Å². The SMILES string of the molecule is COc1ccc2c(nc(CCN)n2CCN(C)C)c1OC. The van der Waals surface area contributed by atoms with E-state index in [1.165, 1.54) is 0 Å². The van der Waals surface area contributed by atoms with Crippen molar-refractivity contribution in [1.29, 1.82) is 0 Å². The number of methoxy groups -OCH3 is 2. The van der Waals surface area contributed by atoms with E-state index in [4.69, 9.17) is 20.2 Å². The molecule has 1 aromatic carbocycles. The molecule has 0 radical (unpaired) electrons. The molecule has 21 heavy (non-hydrogen) atoms. The number of hydrogen-bond donors (Lipinski definition) is 1. The van der Waals surface area contributed by atoms with Crippen molar-refractivity contribution in [1.82, 2.24) is 14.5 Å². The van der Waals surface area contributed by atoms with Crippen LogP contribution in [0, 0.1) is 0 Å². The second kappa shape index (κ2) is 6.78. The summed E-state index contributed by atoms with van der Waals surface area (Å²) in [5, 5.41) is 0. The summed E-state index contributed by atoms with van der Waals surface area (Å²) < 4.78 is 13.0. The van der Waals surface area contributed by atoms with Gasteiger partial charge in [-0.25, -0.2) is 4.98 Å². The van der Waals surface area contributed by atoms with Crippen molar-refractivity contribution in [2.24, 2.45) is 5.73 Å². The maximum atomic E-state index is 5.71. The summed E-state index contributed by atoms with van der Waals surface area (Å²) in [6.07, 6.45) is 0.744. The van der Waals surface area contributed by atoms with Gasteiger partial charge in [-0.3, -0.25) is 0 Å². The van der Waals surface area contributed by atoms with Crippen LogP contribution in [0.25, 0.3) is 11.0 Å². The van der Waals surface area contributed by atoms with Gasteiger partial charge in [0.25, 0.3) is 0 Å². The maximum Gasteiger partial charge on any atom is 0.188 e. The van der Waals surface area contributed by atoms with Gasteiger partial charge in [-0.15, -0.1) is 0 Å². The Bertz CT molecular complexity index is 607. The third-order valence-corrected chi connectivity index (χ3v) is 3.48. The predicted molar refractivity (Wildman–Crippen MR) is 84.1 cm³/mol. The van der Waals surface area contributed by atoms with E-state index in [1.54, 1.807) is 14.2 Å². The third-order valence-electron chi connectivity index (χ3n) is 3.48. The molecule has 6 nitrogen and oxygen atoms in total. The largest absolute Gasteiger partial charge is 0.493 e. The van der Waals surface area contributed by atoms with Gasteiger partial charge in [0, 0.05) is 19.5 Å². The Morgan fingerprint density at radius 2 is 2.00 bits per heavy atom. The minimum atomic E-state index is 0.574. The average Bonchev–Trinajstić information content (AvgIpc) is 2.81. The number of imidazole rings is 1. The van der Waals surface area contributed by atoms with Gasteiger partial charge >= 0.3 is 0 Å². The summed E-state index contributed by atoms with van der Waals surface area (Å²) in [5.74, 6) is 2.36. The second-order valence-corrected chi connectivity index (χ2v) is 5.19. The highest BCUT2D eigenvalue weighted by molar-refractivity contribution is 5.85. The zero-order valence-electron chi connectivity index (χ0n) is 13.2. The predicted octanol–water partition coefficient (Wildman–Crippen LogP) is 1.12. The molecule has 6 heteroatoms. The molecule has 0 aliphatic rings. The van der Waals surface area contributed by atoms with Gasteiger partial charge in [-0.05, 0) is 32.8 Å². The quantitative estimate of drug-likeness (QED) is 0.828. The normalized spacial score (nSPS) is 11.3. The fraction of sp³-hybridized carbons (Fsp3) is 0.533. The molecule has 2 aromatic rings. The van der Waals surface area contributed by atoms with Gasteiger partial charge in [0.1, 0.15) is 11.3 Å². The van der Waals surface area contributed by atoms with Gasteiger partial charge in [-0.1, -0.05) is 0 Å². The van der Waals surface area contributed by atoms with Crippen LogP contribution in [0.15, 0.2) is 12.1 Å². The average molecular weight is 292 g/mol. The van der Waals surface area contributed by atoms with Gasteiger partial charge in [0.15, 0.2) is 11.5 Å². The first kappa shape index (κ1) is 15.6. The lowest BCUT2D eigenvalue weighted by atomic mass is 10.2. The smallest absolute Gasteiger partial charge is 0.188 e. The van der Waals surface area contributed by atoms with Gasteiger partial charge in [0.2, 0.25) is 0 Å². The molecule has 0 spiro atoms. The van der Waals surface area contributed by atoms with Crippen LogP contribution < -0.4 is 15.2 Å². The molecule has 0 saturated carbocycles. The minimum Gasteiger partial charge on any atom is -0.493 e. The van der Waals surface area contributed by atoms with Crippen molar-refractivity contribution < 1.29 is 9.47 Å². The summed E-state index contributed by atoms with van der Waals surface area (Å²) in [6.45, 7) is 2.39. The zero-order valence-corrected chi connectivity index (χ0v) is 13.2. The zero-order chi connectivity index (χ0) is 15.4. The van der Waals surface area contributed by atoms with E-state index in [2.05, 4.69) is 23.6 Å². The molecule has 2 rings (SSSR count). The van der Waals surface area contributed by atoms with Crippen molar-refractivity contribution in [3.8, 4) is 11.5 Å². The monoisotopic (exact) mass is 292 g/mol. The highest BCUT2D eigenvalue weighted by Gasteiger charge is 2.17. The fourth-order valence-corrected chi connectivity index (χ4v) is 2.42. The molecule has 0 aliphatic carbocycles. The van der Waals surface area contributed by atoms with E-state index in [0.29, 0.717) is 18.0 Å². The van der Waals surface area contributed by atoms with Crippen LogP contribution in [0.3, 0.4) is 0 Å². The number of benzene rings is 1. The number of nitrogens with zero attached hydrogens (tertiary/aromatic N) is 3. The number of nitrogens with two attached hydrogens (primary N) is 1. The molecule has 2 N–H and O–H groups in total. The van der Waals surface area contributed by atoms with Crippen LogP contribution in [0.2, 0.25) is 0 Å². The molecule has 0 amide bonds. The lowest BCUT2D eigenvalue weighted by Crippen LogP contribution is -2.20. The van der Waals surface area contributed by atoms with Crippen LogP contribution in [0.4, 0.5) is 0 Å². The molecule has 0 bridgehead atoms. The van der Waals surface area contributed by atoms with Crippen LogP contribution in [0.1, 0.15) is 5.82 Å². The summed E-state index contributed by atoms with van der Waals surface area (Å²) in [5.41, 5.74) is 7.60. The molecule has 0 saturated heterocycles. The Kier molecular flexibility index (Phi) is 5.03. The molecular formula is C15H24N4O2. The molecule has 1 heterocycles. The minimum absolute atomic E-state index is 0.574. The van der Waals surface area contributed by atoms with E-state index in [9.17, 15) is 0 Å². The van der Waals surface area contributed by atoms with Crippen molar-refractivity contribution >= 4 is 11.0 Å². The summed E-state index contributed by atoms with van der Waals surface area (Å²) in [4.78, 5) is 6.87. The Morgan fingerprint density at radius 1 is 1.24 bits per heavy atom. The first-order valence-corrected chi connectivity index (χ1v) is 7.07. The summed E-state index contributed by atoms with van der Waals surface area (Å²) in [7, 11) is 7.39. The number of likely N-dealkylation sites (N-methyl/N-ethyl adjacent to an activating group) is 1. The molecule has 1 aromatic heterocycles. The highest BCUT2D eigenvalue weighted by Crippen LogP contribution is 2.35. The fourth-order valence-electron chi connectivity index (χ4n) is 2.42. The molecule has 0 aliphatic heterocycles. The van der Waals surface area contributed by atoms with Gasteiger partial charge in [0.05, 0.1) is 19.7 Å². The van der Waals surface area contributed by atoms with E-state index < -0.39 is 0 Å². The Balaban J connectivity index is 2.55. The lowest BCUT2D eigenvalue weighted by molar-refractivity contribution is 0.358. The Morgan fingerprint density at radius 3 is 2.57 bits per heavy atom. The van der Waals surface area contributed by atoms with Crippen molar-refractivity contribution in [3.05, 3.63) is 18.0 Å². The Hall–Kier alpha value is -1.79. The van der Waals surface area contributed by atoms with Gasteiger partial charge in [-0.2, -0.15) is 0 Å². The summed E-state index contributed by atoms with van der Waals surface area (Å²) in [6, 6.07) is 3.95. The van der Waals surface area contributed by atoms with Crippen molar-refractivity contribution in [2.75, 3.05) is 41.4 Å². The van der Waals surface area contributed by atoms with E-state index >= 15 is 0 Å². The molecule has 0 unspecified atom stereocenters. The van der Waals surface area contributed by atoms with E-state index in [1.807, 2.05) is 12.1 Å².